The maximum absolute atomic E-state index is 13.0. The van der Waals surface area contributed by atoms with Crippen LogP contribution in [0.5, 0.6) is 23.0 Å². The maximum Gasteiger partial charge on any atom is 0.343 e. The third kappa shape index (κ3) is 8.00. The van der Waals surface area contributed by atoms with E-state index in [1.165, 1.54) is 88.2 Å². The fraction of sp³-hybridized carbons (Fsp3) is 0.0968. The largest absolute Gasteiger partial charge is 0.493 e. The lowest BCUT2D eigenvalue weighted by Gasteiger charge is -2.14. The number of nitrogens with zero attached hydrogens (tertiary/aromatic N) is 2. The number of benzene rings is 4. The van der Waals surface area contributed by atoms with E-state index in [9.17, 15) is 24.5 Å². The van der Waals surface area contributed by atoms with E-state index in [1.54, 1.807) is 18.2 Å². The second-order valence-corrected chi connectivity index (χ2v) is 9.94. The molecule has 14 heteroatoms. The van der Waals surface area contributed by atoms with E-state index < -0.39 is 22.7 Å². The Balaban J connectivity index is 1.41. The van der Waals surface area contributed by atoms with Gasteiger partial charge in [-0.2, -0.15) is 5.10 Å². The highest BCUT2D eigenvalue weighted by molar-refractivity contribution is 9.10. The van der Waals surface area contributed by atoms with Crippen LogP contribution in [-0.4, -0.2) is 50.3 Å². The molecule has 0 aromatic heterocycles. The summed E-state index contributed by atoms with van der Waals surface area (Å²) in [6, 6.07) is 19.0. The van der Waals surface area contributed by atoms with Crippen LogP contribution < -0.4 is 29.7 Å². The first-order valence-corrected chi connectivity index (χ1v) is 13.7. The first-order valence-electron chi connectivity index (χ1n) is 12.9. The maximum atomic E-state index is 13.0. The molecule has 0 radical (unpaired) electrons. The molecule has 13 nitrogen and oxygen atoms in total. The Labute approximate surface area is 265 Å². The summed E-state index contributed by atoms with van der Waals surface area (Å²) in [5, 5.41) is 17.5. The van der Waals surface area contributed by atoms with Crippen molar-refractivity contribution in [2.45, 2.75) is 0 Å². The summed E-state index contributed by atoms with van der Waals surface area (Å²) in [6.45, 7) is 0. The topological polar surface area (TPSA) is 168 Å². The number of esters is 1. The molecule has 0 atom stereocenters. The van der Waals surface area contributed by atoms with Crippen LogP contribution in [0.3, 0.4) is 0 Å². The minimum Gasteiger partial charge on any atom is -0.493 e. The number of non-ortho nitro benzene ring substituents is 1. The number of hydrazone groups is 1. The van der Waals surface area contributed by atoms with Crippen LogP contribution >= 0.6 is 15.9 Å². The number of methoxy groups -OCH3 is 3. The molecule has 4 rings (SSSR count). The Morgan fingerprint density at radius 1 is 0.778 bits per heavy atom. The van der Waals surface area contributed by atoms with Crippen molar-refractivity contribution < 1.29 is 38.3 Å². The highest BCUT2D eigenvalue weighted by Gasteiger charge is 2.19. The van der Waals surface area contributed by atoms with E-state index in [0.29, 0.717) is 21.5 Å². The van der Waals surface area contributed by atoms with Gasteiger partial charge in [-0.15, -0.1) is 0 Å². The quantitative estimate of drug-likeness (QED) is 0.0673. The number of hydrogen-bond donors (Lipinski definition) is 2. The molecular weight excluding hydrogens is 652 g/mol. The number of ether oxygens (including phenoxy) is 4. The van der Waals surface area contributed by atoms with Gasteiger partial charge in [-0.1, -0.05) is 15.9 Å². The second-order valence-electron chi connectivity index (χ2n) is 9.02. The second kappa shape index (κ2) is 14.6. The summed E-state index contributed by atoms with van der Waals surface area (Å²) in [7, 11) is 4.31. The summed E-state index contributed by atoms with van der Waals surface area (Å²) >= 11 is 3.37. The first-order chi connectivity index (χ1) is 21.6. The van der Waals surface area contributed by atoms with Crippen molar-refractivity contribution in [1.29, 1.82) is 0 Å². The Kier molecular flexibility index (Phi) is 10.4. The molecule has 2 N–H and O–H groups in total. The molecule has 0 aliphatic carbocycles. The van der Waals surface area contributed by atoms with Crippen LogP contribution in [0.4, 0.5) is 11.4 Å². The van der Waals surface area contributed by atoms with Crippen LogP contribution in [0.2, 0.25) is 0 Å². The van der Waals surface area contributed by atoms with E-state index in [1.807, 2.05) is 0 Å². The molecule has 4 aromatic carbocycles. The number of anilines is 1. The van der Waals surface area contributed by atoms with Gasteiger partial charge in [0, 0.05) is 39.0 Å². The molecule has 0 heterocycles. The number of amides is 2. The highest BCUT2D eigenvalue weighted by atomic mass is 79.9. The van der Waals surface area contributed by atoms with Crippen molar-refractivity contribution in [3.8, 4) is 23.0 Å². The zero-order valence-corrected chi connectivity index (χ0v) is 25.6. The van der Waals surface area contributed by atoms with Crippen LogP contribution in [0.1, 0.15) is 36.6 Å². The van der Waals surface area contributed by atoms with Crippen LogP contribution in [-0.2, 0) is 0 Å². The summed E-state index contributed by atoms with van der Waals surface area (Å²) in [5.74, 6) is -0.648. The van der Waals surface area contributed by atoms with Crippen LogP contribution in [0, 0.1) is 10.1 Å². The third-order valence-corrected chi connectivity index (χ3v) is 6.68. The van der Waals surface area contributed by atoms with E-state index >= 15 is 0 Å². The molecule has 0 spiro atoms. The predicted octanol–water partition coefficient (Wildman–Crippen LogP) is 5.62. The molecule has 230 valence electrons. The van der Waals surface area contributed by atoms with Gasteiger partial charge in [0.05, 0.1) is 38.0 Å². The lowest BCUT2D eigenvalue weighted by molar-refractivity contribution is -0.384. The lowest BCUT2D eigenvalue weighted by atomic mass is 10.1. The van der Waals surface area contributed by atoms with Crippen molar-refractivity contribution in [3.05, 3.63) is 116 Å². The average molecular weight is 677 g/mol. The fourth-order valence-corrected chi connectivity index (χ4v) is 4.32. The van der Waals surface area contributed by atoms with Gasteiger partial charge in [-0.05, 0) is 66.7 Å². The molecule has 0 aliphatic heterocycles. The minimum absolute atomic E-state index is 0.127. The molecule has 2 amide bonds. The summed E-state index contributed by atoms with van der Waals surface area (Å²) in [5.41, 5.74) is 3.71. The van der Waals surface area contributed by atoms with Crippen molar-refractivity contribution >= 4 is 51.3 Å². The van der Waals surface area contributed by atoms with Gasteiger partial charge >= 0.3 is 5.97 Å². The van der Waals surface area contributed by atoms with Crippen molar-refractivity contribution in [1.82, 2.24) is 5.43 Å². The molecule has 0 saturated heterocycles. The SMILES string of the molecule is COc1cc(C(=O)Oc2ccc(Br)cc2/C=N\NC(=O)c2ccc(NC(=O)c3ccc([N+](=O)[O-])cc3)cc2)cc(OC)c1OC. The first kappa shape index (κ1) is 32.2. The molecular formula is C31H25BrN4O9. The van der Waals surface area contributed by atoms with Gasteiger partial charge in [0.25, 0.3) is 17.5 Å². The van der Waals surface area contributed by atoms with Gasteiger partial charge in [0.2, 0.25) is 5.75 Å². The zero-order chi connectivity index (χ0) is 32.5. The van der Waals surface area contributed by atoms with Gasteiger partial charge < -0.3 is 24.3 Å². The van der Waals surface area contributed by atoms with Gasteiger partial charge in [0.1, 0.15) is 5.75 Å². The molecule has 0 fully saturated rings. The van der Waals surface area contributed by atoms with E-state index in [4.69, 9.17) is 18.9 Å². The number of nitro benzene ring substituents is 1. The number of carbonyl (C=O) groups is 3. The third-order valence-electron chi connectivity index (χ3n) is 6.19. The smallest absolute Gasteiger partial charge is 0.343 e. The van der Waals surface area contributed by atoms with Crippen molar-refractivity contribution in [2.75, 3.05) is 26.6 Å². The monoisotopic (exact) mass is 676 g/mol. The molecule has 0 unspecified atom stereocenters. The normalized spacial score (nSPS) is 10.6. The Morgan fingerprint density at radius 3 is 1.96 bits per heavy atom. The van der Waals surface area contributed by atoms with Gasteiger partial charge in [-0.3, -0.25) is 19.7 Å². The highest BCUT2D eigenvalue weighted by Crippen LogP contribution is 2.38. The number of nitrogens with one attached hydrogen (secondary N) is 2. The van der Waals surface area contributed by atoms with Crippen molar-refractivity contribution in [2.24, 2.45) is 5.10 Å². The Morgan fingerprint density at radius 2 is 1.38 bits per heavy atom. The molecule has 0 bridgehead atoms. The number of halogens is 1. The molecule has 0 aliphatic rings. The standard InChI is InChI=1S/C31H25BrN4O9/c1-42-26-15-20(16-27(43-2)28(26)44-3)31(39)45-25-13-8-22(32)14-21(25)17-33-35-30(38)19-4-9-23(10-5-19)34-29(37)18-6-11-24(12-7-18)36(40)41/h4-17H,1-3H3,(H,34,37)(H,35,38)/b33-17-. The van der Waals surface area contributed by atoms with Gasteiger partial charge in [0.15, 0.2) is 11.5 Å². The van der Waals surface area contributed by atoms with E-state index in [-0.39, 0.29) is 39.6 Å². The van der Waals surface area contributed by atoms with Gasteiger partial charge in [-0.25, -0.2) is 10.2 Å². The molecule has 0 saturated carbocycles. The van der Waals surface area contributed by atoms with E-state index in [0.717, 1.165) is 0 Å². The summed E-state index contributed by atoms with van der Waals surface area (Å²) < 4.78 is 22.2. The summed E-state index contributed by atoms with van der Waals surface area (Å²) in [6.07, 6.45) is 1.32. The zero-order valence-electron chi connectivity index (χ0n) is 24.0. The van der Waals surface area contributed by atoms with Crippen LogP contribution in [0.25, 0.3) is 0 Å². The fourth-order valence-electron chi connectivity index (χ4n) is 3.94. The van der Waals surface area contributed by atoms with Crippen LogP contribution in [0.15, 0.2) is 88.4 Å². The number of nitro groups is 1. The lowest BCUT2D eigenvalue weighted by Crippen LogP contribution is -2.18. The van der Waals surface area contributed by atoms with E-state index in [2.05, 4.69) is 31.8 Å². The number of hydrogen-bond acceptors (Lipinski definition) is 10. The predicted molar refractivity (Wildman–Crippen MR) is 168 cm³/mol. The average Bonchev–Trinajstić information content (AvgIpc) is 3.05. The minimum atomic E-state index is -0.698. The Hall–Kier alpha value is -5.76. The molecule has 4 aromatic rings. The number of carbonyl (C=O) groups excluding carboxylic acids is 3. The van der Waals surface area contributed by atoms with Crippen molar-refractivity contribution in [3.63, 3.8) is 0 Å². The number of rotatable bonds is 11. The summed E-state index contributed by atoms with van der Waals surface area (Å²) in [4.78, 5) is 48.4. The molecule has 45 heavy (non-hydrogen) atoms. The Bertz CT molecular complexity index is 1750.